The van der Waals surface area contributed by atoms with Crippen molar-refractivity contribution in [1.82, 2.24) is 24.7 Å². The van der Waals surface area contributed by atoms with Gasteiger partial charge in [-0.1, -0.05) is 0 Å². The molecule has 112 valence electrons. The first-order valence-corrected chi connectivity index (χ1v) is 7.01. The van der Waals surface area contributed by atoms with Crippen LogP contribution in [0, 0.1) is 6.92 Å². The third-order valence-electron chi connectivity index (χ3n) is 3.15. The monoisotopic (exact) mass is 309 g/mol. The molecule has 0 spiro atoms. The molecule has 9 heteroatoms. The third kappa shape index (κ3) is 3.22. The first-order valence-electron chi connectivity index (χ1n) is 6.63. The number of anilines is 3. The number of aromatic nitrogens is 5. The highest BCUT2D eigenvalue weighted by Gasteiger charge is 2.16. The Morgan fingerprint density at radius 1 is 1.24 bits per heavy atom. The van der Waals surface area contributed by atoms with Crippen LogP contribution in [-0.2, 0) is 11.8 Å². The van der Waals surface area contributed by atoms with E-state index in [0.29, 0.717) is 25.1 Å². The molecule has 0 saturated carbocycles. The first-order chi connectivity index (χ1) is 10.1. The number of hydrogen-bond donors (Lipinski definition) is 1. The number of ether oxygens (including phenoxy) is 1. The summed E-state index contributed by atoms with van der Waals surface area (Å²) < 4.78 is 7.05. The summed E-state index contributed by atoms with van der Waals surface area (Å²) >= 11 is 6.00. The summed E-state index contributed by atoms with van der Waals surface area (Å²) in [6.07, 6.45) is 1.86. The Morgan fingerprint density at radius 3 is 2.67 bits per heavy atom. The molecule has 21 heavy (non-hydrogen) atoms. The predicted molar refractivity (Wildman–Crippen MR) is 79.1 cm³/mol. The Hall–Kier alpha value is -1.93. The highest BCUT2D eigenvalue weighted by atomic mass is 35.5. The fourth-order valence-electron chi connectivity index (χ4n) is 2.14. The van der Waals surface area contributed by atoms with Crippen molar-refractivity contribution in [2.75, 3.05) is 36.5 Å². The molecule has 0 amide bonds. The third-order valence-corrected chi connectivity index (χ3v) is 3.32. The van der Waals surface area contributed by atoms with E-state index in [1.807, 2.05) is 25.1 Å². The molecule has 1 aliphatic heterocycles. The Balaban J connectivity index is 1.85. The van der Waals surface area contributed by atoms with Crippen molar-refractivity contribution in [2.24, 2.45) is 7.05 Å². The van der Waals surface area contributed by atoms with Gasteiger partial charge < -0.3 is 15.0 Å². The second-order valence-corrected chi connectivity index (χ2v) is 5.09. The highest BCUT2D eigenvalue weighted by Crippen LogP contribution is 2.20. The molecule has 3 heterocycles. The second kappa shape index (κ2) is 5.82. The molecular weight excluding hydrogens is 294 g/mol. The van der Waals surface area contributed by atoms with E-state index in [-0.39, 0.29) is 5.28 Å². The summed E-state index contributed by atoms with van der Waals surface area (Å²) in [5, 5.41) is 7.55. The molecule has 0 atom stereocenters. The van der Waals surface area contributed by atoms with Gasteiger partial charge in [0.2, 0.25) is 17.2 Å². The first kappa shape index (κ1) is 14.0. The van der Waals surface area contributed by atoms with Gasteiger partial charge in [-0.2, -0.15) is 20.1 Å². The van der Waals surface area contributed by atoms with Crippen LogP contribution in [-0.4, -0.2) is 51.0 Å². The van der Waals surface area contributed by atoms with Crippen LogP contribution in [0.15, 0.2) is 6.20 Å². The fraction of sp³-hybridized carbons (Fsp3) is 0.500. The van der Waals surface area contributed by atoms with Crippen molar-refractivity contribution in [3.05, 3.63) is 17.2 Å². The summed E-state index contributed by atoms with van der Waals surface area (Å²) in [5.41, 5.74) is 1.70. The van der Waals surface area contributed by atoms with E-state index in [1.165, 1.54) is 0 Å². The minimum Gasteiger partial charge on any atom is -0.378 e. The minimum atomic E-state index is 0.163. The van der Waals surface area contributed by atoms with Crippen LogP contribution < -0.4 is 10.2 Å². The lowest BCUT2D eigenvalue weighted by molar-refractivity contribution is 0.122. The van der Waals surface area contributed by atoms with Crippen molar-refractivity contribution in [2.45, 2.75) is 6.92 Å². The van der Waals surface area contributed by atoms with Crippen molar-refractivity contribution in [3.63, 3.8) is 0 Å². The number of rotatable bonds is 3. The fourth-order valence-corrected chi connectivity index (χ4v) is 2.30. The normalized spacial score (nSPS) is 15.3. The molecule has 0 aromatic carbocycles. The minimum absolute atomic E-state index is 0.163. The van der Waals surface area contributed by atoms with Gasteiger partial charge in [0, 0.05) is 26.3 Å². The van der Waals surface area contributed by atoms with Crippen molar-refractivity contribution in [3.8, 4) is 0 Å². The van der Waals surface area contributed by atoms with Crippen LogP contribution in [0.3, 0.4) is 0 Å². The van der Waals surface area contributed by atoms with Gasteiger partial charge in [0.15, 0.2) is 0 Å². The van der Waals surface area contributed by atoms with E-state index < -0.39 is 0 Å². The number of aryl methyl sites for hydroxylation is 2. The lowest BCUT2D eigenvalue weighted by Crippen LogP contribution is -2.37. The lowest BCUT2D eigenvalue weighted by Gasteiger charge is -2.26. The lowest BCUT2D eigenvalue weighted by atomic mass is 10.4. The average molecular weight is 310 g/mol. The van der Waals surface area contributed by atoms with E-state index >= 15 is 0 Å². The van der Waals surface area contributed by atoms with Crippen LogP contribution in [0.5, 0.6) is 0 Å². The van der Waals surface area contributed by atoms with Gasteiger partial charge in [-0.25, -0.2) is 0 Å². The topological polar surface area (TPSA) is 81.0 Å². The molecule has 3 rings (SSSR count). The maximum absolute atomic E-state index is 6.00. The molecule has 8 nitrogen and oxygen atoms in total. The summed E-state index contributed by atoms with van der Waals surface area (Å²) in [6, 6.07) is 0. The zero-order chi connectivity index (χ0) is 14.8. The zero-order valence-corrected chi connectivity index (χ0v) is 12.6. The van der Waals surface area contributed by atoms with Crippen LogP contribution in [0.1, 0.15) is 5.69 Å². The van der Waals surface area contributed by atoms with Crippen LogP contribution in [0.4, 0.5) is 17.6 Å². The molecule has 2 aromatic rings. The Kier molecular flexibility index (Phi) is 3.89. The number of halogens is 1. The summed E-state index contributed by atoms with van der Waals surface area (Å²) in [6.45, 7) is 4.72. The summed E-state index contributed by atoms with van der Waals surface area (Å²) in [7, 11) is 1.86. The quantitative estimate of drug-likeness (QED) is 0.910. The van der Waals surface area contributed by atoms with Crippen molar-refractivity contribution in [1.29, 1.82) is 0 Å². The summed E-state index contributed by atoms with van der Waals surface area (Å²) in [4.78, 5) is 14.7. The SMILES string of the molecule is Cc1nn(C)cc1Nc1nc(Cl)nc(N2CCOCC2)n1. The smallest absolute Gasteiger partial charge is 0.233 e. The standard InChI is InChI=1S/C12H16ClN7O/c1-8-9(7-19(2)18-8)14-11-15-10(13)16-12(17-11)20-3-5-21-6-4-20/h7H,3-6H2,1-2H3,(H,14,15,16,17). The van der Waals surface area contributed by atoms with Gasteiger partial charge in [0.05, 0.1) is 24.6 Å². The molecule has 2 aromatic heterocycles. The molecule has 0 unspecified atom stereocenters. The molecule has 1 fully saturated rings. The molecular formula is C12H16ClN7O. The van der Waals surface area contributed by atoms with Gasteiger partial charge in [0.1, 0.15) is 0 Å². The Morgan fingerprint density at radius 2 is 2.00 bits per heavy atom. The average Bonchev–Trinajstić information content (AvgIpc) is 2.77. The highest BCUT2D eigenvalue weighted by molar-refractivity contribution is 6.28. The summed E-state index contributed by atoms with van der Waals surface area (Å²) in [5.74, 6) is 0.968. The van der Waals surface area contributed by atoms with Crippen LogP contribution >= 0.6 is 11.6 Å². The van der Waals surface area contributed by atoms with Gasteiger partial charge >= 0.3 is 0 Å². The molecule has 1 N–H and O–H groups in total. The Labute approximate surface area is 127 Å². The largest absolute Gasteiger partial charge is 0.378 e. The van der Waals surface area contributed by atoms with Gasteiger partial charge in [-0.15, -0.1) is 0 Å². The number of nitrogens with one attached hydrogen (secondary N) is 1. The van der Waals surface area contributed by atoms with E-state index in [4.69, 9.17) is 16.3 Å². The van der Waals surface area contributed by atoms with Crippen LogP contribution in [0.25, 0.3) is 0 Å². The number of nitrogens with zero attached hydrogens (tertiary/aromatic N) is 6. The maximum Gasteiger partial charge on any atom is 0.233 e. The van der Waals surface area contributed by atoms with E-state index in [0.717, 1.165) is 24.5 Å². The predicted octanol–water partition coefficient (Wildman–Crippen LogP) is 1.15. The van der Waals surface area contributed by atoms with Gasteiger partial charge in [-0.3, -0.25) is 4.68 Å². The molecule has 0 radical (unpaired) electrons. The maximum atomic E-state index is 6.00. The van der Waals surface area contributed by atoms with Crippen LogP contribution in [0.2, 0.25) is 5.28 Å². The Bertz CT molecular complexity index is 639. The molecule has 1 saturated heterocycles. The van der Waals surface area contributed by atoms with Crippen molar-refractivity contribution >= 4 is 29.2 Å². The number of morpholine rings is 1. The van der Waals surface area contributed by atoms with Crippen molar-refractivity contribution < 1.29 is 4.74 Å². The van der Waals surface area contributed by atoms with Gasteiger partial charge in [0.25, 0.3) is 0 Å². The molecule has 0 aliphatic carbocycles. The van der Waals surface area contributed by atoms with E-state index in [2.05, 4.69) is 25.4 Å². The van der Waals surface area contributed by atoms with E-state index in [9.17, 15) is 0 Å². The number of hydrogen-bond acceptors (Lipinski definition) is 7. The van der Waals surface area contributed by atoms with Gasteiger partial charge in [-0.05, 0) is 18.5 Å². The molecule has 0 bridgehead atoms. The second-order valence-electron chi connectivity index (χ2n) is 4.75. The van der Waals surface area contributed by atoms with E-state index in [1.54, 1.807) is 4.68 Å². The molecule has 1 aliphatic rings. The zero-order valence-electron chi connectivity index (χ0n) is 11.9.